The number of nitrogens with zero attached hydrogens (tertiary/aromatic N) is 1. The van der Waals surface area contributed by atoms with Gasteiger partial charge in [-0.2, -0.15) is 0 Å². The minimum absolute atomic E-state index is 0.0246. The lowest BCUT2D eigenvalue weighted by Gasteiger charge is -2.28. The minimum Gasteiger partial charge on any atom is -0.481 e. The van der Waals surface area contributed by atoms with Crippen LogP contribution in [-0.4, -0.2) is 26.0 Å². The summed E-state index contributed by atoms with van der Waals surface area (Å²) in [6, 6.07) is 8.38. The summed E-state index contributed by atoms with van der Waals surface area (Å²) in [4.78, 5) is 10.8. The molecule has 0 heterocycles. The molecular weight excluding hydrogens is 357 g/mol. The van der Waals surface area contributed by atoms with Gasteiger partial charge >= 0.3 is 5.97 Å². The highest BCUT2D eigenvalue weighted by Gasteiger charge is 2.27. The van der Waals surface area contributed by atoms with Gasteiger partial charge in [-0.15, -0.1) is 0 Å². The maximum Gasteiger partial charge on any atom is 0.303 e. The molecule has 0 saturated carbocycles. The van der Waals surface area contributed by atoms with Gasteiger partial charge in [0.1, 0.15) is 5.82 Å². The van der Waals surface area contributed by atoms with Crippen LogP contribution in [0.1, 0.15) is 29.5 Å². The Bertz CT molecular complexity index is 885. The van der Waals surface area contributed by atoms with E-state index in [4.69, 9.17) is 5.11 Å². The normalized spacial score (nSPS) is 11.4. The minimum atomic E-state index is -3.95. The van der Waals surface area contributed by atoms with E-state index in [1.54, 1.807) is 0 Å². The van der Waals surface area contributed by atoms with Crippen LogP contribution in [0.25, 0.3) is 0 Å². The Morgan fingerprint density at radius 3 is 2.12 bits per heavy atom. The molecule has 0 spiro atoms. The van der Waals surface area contributed by atoms with Gasteiger partial charge in [0, 0.05) is 13.0 Å². The number of aryl methyl sites for hydroxylation is 3. The first-order chi connectivity index (χ1) is 12.1. The van der Waals surface area contributed by atoms with Crippen molar-refractivity contribution in [1.29, 1.82) is 0 Å². The van der Waals surface area contributed by atoms with E-state index >= 15 is 0 Å². The van der Waals surface area contributed by atoms with Crippen molar-refractivity contribution >= 4 is 21.7 Å². The highest BCUT2D eigenvalue weighted by Crippen LogP contribution is 2.31. The molecule has 0 aliphatic heterocycles. The summed E-state index contributed by atoms with van der Waals surface area (Å²) >= 11 is 0. The number of carboxylic acids is 1. The van der Waals surface area contributed by atoms with Crippen LogP contribution >= 0.6 is 0 Å². The molecule has 0 radical (unpaired) electrons. The van der Waals surface area contributed by atoms with Crippen LogP contribution in [0.4, 0.5) is 10.1 Å². The Morgan fingerprint density at radius 2 is 1.62 bits per heavy atom. The molecule has 0 aliphatic rings. The van der Waals surface area contributed by atoms with Crippen LogP contribution in [0.3, 0.4) is 0 Å². The van der Waals surface area contributed by atoms with Gasteiger partial charge in [0.2, 0.25) is 0 Å². The zero-order valence-electron chi connectivity index (χ0n) is 15.0. The van der Waals surface area contributed by atoms with Crippen molar-refractivity contribution in [2.45, 2.75) is 38.5 Å². The first-order valence-electron chi connectivity index (χ1n) is 8.21. The number of halogens is 1. The van der Waals surface area contributed by atoms with Crippen molar-refractivity contribution in [3.63, 3.8) is 0 Å². The van der Waals surface area contributed by atoms with Crippen LogP contribution in [0.15, 0.2) is 41.3 Å². The fourth-order valence-corrected chi connectivity index (χ4v) is 4.66. The van der Waals surface area contributed by atoms with Gasteiger partial charge in [-0.05, 0) is 62.6 Å². The molecule has 0 aliphatic carbocycles. The number of rotatable bonds is 7. The Hall–Kier alpha value is -2.41. The summed E-state index contributed by atoms with van der Waals surface area (Å²) in [6.45, 7) is 5.59. The number of anilines is 1. The summed E-state index contributed by atoms with van der Waals surface area (Å²) in [7, 11) is -3.95. The quantitative estimate of drug-likeness (QED) is 0.794. The first kappa shape index (κ1) is 19.9. The molecule has 0 bridgehead atoms. The van der Waals surface area contributed by atoms with Crippen molar-refractivity contribution in [3.05, 3.63) is 58.9 Å². The van der Waals surface area contributed by atoms with E-state index in [-0.39, 0.29) is 24.3 Å². The monoisotopic (exact) mass is 379 g/mol. The van der Waals surface area contributed by atoms with Gasteiger partial charge in [-0.25, -0.2) is 12.8 Å². The number of carboxylic acid groups (broad SMARTS) is 1. The number of carbonyl (C=O) groups is 1. The second-order valence-corrected chi connectivity index (χ2v) is 8.14. The van der Waals surface area contributed by atoms with E-state index in [2.05, 4.69) is 0 Å². The maximum absolute atomic E-state index is 13.2. The number of hydrogen-bond acceptors (Lipinski definition) is 3. The van der Waals surface area contributed by atoms with E-state index in [1.165, 1.54) is 16.4 Å². The highest BCUT2D eigenvalue weighted by atomic mass is 32.2. The van der Waals surface area contributed by atoms with Gasteiger partial charge in [0.15, 0.2) is 0 Å². The van der Waals surface area contributed by atoms with Crippen LogP contribution in [0.5, 0.6) is 0 Å². The van der Waals surface area contributed by atoms with E-state index in [0.29, 0.717) is 5.69 Å². The molecule has 0 amide bonds. The Kier molecular flexibility index (Phi) is 6.02. The molecule has 2 rings (SSSR count). The van der Waals surface area contributed by atoms with Crippen molar-refractivity contribution in [1.82, 2.24) is 0 Å². The molecule has 0 aromatic heterocycles. The molecule has 0 saturated heterocycles. The van der Waals surface area contributed by atoms with Crippen molar-refractivity contribution in [2.75, 3.05) is 10.8 Å². The molecule has 0 atom stereocenters. The highest BCUT2D eigenvalue weighted by molar-refractivity contribution is 7.92. The summed E-state index contributed by atoms with van der Waals surface area (Å²) in [5, 5.41) is 8.88. The molecule has 2 aromatic carbocycles. The SMILES string of the molecule is Cc1cc(C)c(N(CCCC(=O)O)S(=O)(=O)c2ccc(F)cc2)c(C)c1. The average molecular weight is 379 g/mol. The largest absolute Gasteiger partial charge is 0.481 e. The first-order valence-corrected chi connectivity index (χ1v) is 9.65. The van der Waals surface area contributed by atoms with Gasteiger partial charge in [0.05, 0.1) is 10.6 Å². The predicted octanol–water partition coefficient (Wildman–Crippen LogP) is 3.81. The molecule has 140 valence electrons. The lowest BCUT2D eigenvalue weighted by Crippen LogP contribution is -2.33. The van der Waals surface area contributed by atoms with E-state index in [9.17, 15) is 17.6 Å². The third kappa shape index (κ3) is 4.40. The predicted molar refractivity (Wildman–Crippen MR) is 98.5 cm³/mol. The number of benzene rings is 2. The van der Waals surface area contributed by atoms with Crippen LogP contribution in [0.2, 0.25) is 0 Å². The number of sulfonamides is 1. The van der Waals surface area contributed by atoms with Crippen LogP contribution in [0, 0.1) is 26.6 Å². The molecule has 5 nitrogen and oxygen atoms in total. The average Bonchev–Trinajstić information content (AvgIpc) is 2.52. The van der Waals surface area contributed by atoms with Gasteiger partial charge in [0.25, 0.3) is 10.0 Å². The van der Waals surface area contributed by atoms with Crippen molar-refractivity contribution < 1.29 is 22.7 Å². The summed E-state index contributed by atoms with van der Waals surface area (Å²) in [6.07, 6.45) is 0.0297. The topological polar surface area (TPSA) is 74.7 Å². The number of aliphatic carboxylic acids is 1. The molecule has 2 aromatic rings. The Balaban J connectivity index is 2.54. The lowest BCUT2D eigenvalue weighted by molar-refractivity contribution is -0.137. The fraction of sp³-hybridized carbons (Fsp3) is 0.316. The van der Waals surface area contributed by atoms with Crippen LogP contribution < -0.4 is 4.31 Å². The molecular formula is C19H22FNO4S. The standard InChI is InChI=1S/C19H22FNO4S/c1-13-11-14(2)19(15(3)12-13)21(10-4-5-18(22)23)26(24,25)17-8-6-16(20)7-9-17/h6-9,11-12H,4-5,10H2,1-3H3,(H,22,23). The third-order valence-corrected chi connectivity index (χ3v) is 5.85. The summed E-state index contributed by atoms with van der Waals surface area (Å²) in [5.74, 6) is -1.51. The van der Waals surface area contributed by atoms with E-state index in [1.807, 2.05) is 32.9 Å². The van der Waals surface area contributed by atoms with Gasteiger partial charge < -0.3 is 5.11 Å². The van der Waals surface area contributed by atoms with E-state index in [0.717, 1.165) is 28.8 Å². The molecule has 1 N–H and O–H groups in total. The lowest BCUT2D eigenvalue weighted by atomic mass is 10.0. The second-order valence-electron chi connectivity index (χ2n) is 6.28. The smallest absolute Gasteiger partial charge is 0.303 e. The van der Waals surface area contributed by atoms with E-state index < -0.39 is 21.8 Å². The number of hydrogen-bond donors (Lipinski definition) is 1. The molecule has 0 unspecified atom stereocenters. The van der Waals surface area contributed by atoms with Gasteiger partial charge in [-0.1, -0.05) is 17.7 Å². The van der Waals surface area contributed by atoms with Crippen molar-refractivity contribution in [2.24, 2.45) is 0 Å². The molecule has 26 heavy (non-hydrogen) atoms. The van der Waals surface area contributed by atoms with Crippen LogP contribution in [-0.2, 0) is 14.8 Å². The summed E-state index contributed by atoms with van der Waals surface area (Å²) in [5.41, 5.74) is 3.10. The molecule has 0 fully saturated rings. The summed E-state index contributed by atoms with van der Waals surface area (Å²) < 4.78 is 40.7. The third-order valence-electron chi connectivity index (χ3n) is 4.04. The second kappa shape index (κ2) is 7.86. The fourth-order valence-electron chi connectivity index (χ4n) is 3.03. The molecule has 7 heteroatoms. The van der Waals surface area contributed by atoms with Crippen molar-refractivity contribution in [3.8, 4) is 0 Å². The Labute approximate surface area is 153 Å². The zero-order chi connectivity index (χ0) is 19.5. The van der Waals surface area contributed by atoms with Gasteiger partial charge in [-0.3, -0.25) is 9.10 Å². The zero-order valence-corrected chi connectivity index (χ0v) is 15.8. The Morgan fingerprint density at radius 1 is 1.08 bits per heavy atom. The maximum atomic E-state index is 13.2.